The van der Waals surface area contributed by atoms with Gasteiger partial charge in [-0.15, -0.1) is 0 Å². The molecule has 0 radical (unpaired) electrons. The predicted octanol–water partition coefficient (Wildman–Crippen LogP) is 2.66. The van der Waals surface area contributed by atoms with E-state index in [1.54, 1.807) is 6.92 Å². The van der Waals surface area contributed by atoms with Crippen molar-refractivity contribution in [2.24, 2.45) is 0 Å². The number of oxazole rings is 1. The molecule has 0 spiro atoms. The molecule has 1 N–H and O–H groups in total. The standard InChI is InChI=1S/C17H13F2N3O5/c1-9(10-2-4-12(18)13(19)6-10)20-16(23)8-21-14-5-3-11(22(25)26)7-15(14)27-17(21)24/h2-7,9H,8H2,1H3,(H,20,23)/t9-/m0/s1. The Morgan fingerprint density at radius 1 is 1.26 bits per heavy atom. The Morgan fingerprint density at radius 2 is 2.00 bits per heavy atom. The number of nitrogens with one attached hydrogen (secondary N) is 1. The quantitative estimate of drug-likeness (QED) is 0.543. The minimum Gasteiger partial charge on any atom is -0.407 e. The van der Waals surface area contributed by atoms with Crippen LogP contribution in [0, 0.1) is 21.7 Å². The van der Waals surface area contributed by atoms with Crippen LogP contribution in [0.1, 0.15) is 18.5 Å². The number of nitrogens with zero attached hydrogens (tertiary/aromatic N) is 2. The molecule has 0 unspecified atom stereocenters. The molecule has 0 aliphatic rings. The van der Waals surface area contributed by atoms with Gasteiger partial charge < -0.3 is 9.73 Å². The molecule has 1 atom stereocenters. The van der Waals surface area contributed by atoms with E-state index in [1.165, 1.54) is 18.2 Å². The van der Waals surface area contributed by atoms with Gasteiger partial charge in [0.05, 0.1) is 22.5 Å². The fourth-order valence-corrected chi connectivity index (χ4v) is 2.61. The molecule has 1 aromatic heterocycles. The third-order valence-electron chi connectivity index (χ3n) is 3.99. The largest absolute Gasteiger partial charge is 0.420 e. The maximum Gasteiger partial charge on any atom is 0.420 e. The molecular weight excluding hydrogens is 364 g/mol. The number of rotatable bonds is 5. The van der Waals surface area contributed by atoms with Crippen molar-refractivity contribution >= 4 is 22.7 Å². The number of nitro benzene ring substituents is 1. The van der Waals surface area contributed by atoms with Crippen LogP contribution in [0.15, 0.2) is 45.6 Å². The van der Waals surface area contributed by atoms with Crippen LogP contribution < -0.4 is 11.1 Å². The number of hydrogen-bond acceptors (Lipinski definition) is 5. The van der Waals surface area contributed by atoms with Crippen LogP contribution in [0.25, 0.3) is 11.1 Å². The van der Waals surface area contributed by atoms with E-state index < -0.39 is 40.8 Å². The average Bonchev–Trinajstić information content (AvgIpc) is 2.91. The van der Waals surface area contributed by atoms with Crippen molar-refractivity contribution in [3.63, 3.8) is 0 Å². The number of nitro groups is 1. The fraction of sp³-hybridized carbons (Fsp3) is 0.176. The average molecular weight is 377 g/mol. The van der Waals surface area contributed by atoms with Gasteiger partial charge in [-0.25, -0.2) is 13.6 Å². The molecule has 8 nitrogen and oxygen atoms in total. The predicted molar refractivity (Wildman–Crippen MR) is 90.0 cm³/mol. The van der Waals surface area contributed by atoms with E-state index in [0.717, 1.165) is 22.8 Å². The van der Waals surface area contributed by atoms with Crippen molar-refractivity contribution in [1.29, 1.82) is 0 Å². The topological polar surface area (TPSA) is 107 Å². The highest BCUT2D eigenvalue weighted by molar-refractivity contribution is 5.80. The molecule has 1 heterocycles. The first-order valence-electron chi connectivity index (χ1n) is 7.78. The van der Waals surface area contributed by atoms with Gasteiger partial charge in [-0.2, -0.15) is 0 Å². The molecule has 3 rings (SSSR count). The number of halogens is 2. The van der Waals surface area contributed by atoms with Gasteiger partial charge in [-0.1, -0.05) is 6.07 Å². The van der Waals surface area contributed by atoms with E-state index in [0.29, 0.717) is 5.56 Å². The number of carbonyl (C=O) groups excluding carboxylic acids is 1. The zero-order chi connectivity index (χ0) is 19.7. The van der Waals surface area contributed by atoms with E-state index in [2.05, 4.69) is 5.32 Å². The van der Waals surface area contributed by atoms with Gasteiger partial charge in [0.1, 0.15) is 6.54 Å². The molecule has 27 heavy (non-hydrogen) atoms. The molecule has 0 saturated carbocycles. The Morgan fingerprint density at radius 3 is 2.67 bits per heavy atom. The van der Waals surface area contributed by atoms with Gasteiger partial charge >= 0.3 is 5.76 Å². The zero-order valence-electron chi connectivity index (χ0n) is 13.9. The molecule has 1 amide bonds. The maximum atomic E-state index is 13.3. The van der Waals surface area contributed by atoms with Crippen molar-refractivity contribution in [3.05, 3.63) is 74.3 Å². The first-order valence-corrected chi connectivity index (χ1v) is 7.78. The summed E-state index contributed by atoms with van der Waals surface area (Å²) in [7, 11) is 0. The second-order valence-electron chi connectivity index (χ2n) is 5.83. The van der Waals surface area contributed by atoms with Gasteiger partial charge in [0.2, 0.25) is 5.91 Å². The third kappa shape index (κ3) is 3.68. The van der Waals surface area contributed by atoms with Gasteiger partial charge in [0.15, 0.2) is 17.2 Å². The molecule has 2 aromatic carbocycles. The molecule has 10 heteroatoms. The number of fused-ring (bicyclic) bond motifs is 1. The fourth-order valence-electron chi connectivity index (χ4n) is 2.61. The molecule has 0 aliphatic heterocycles. The number of aromatic nitrogens is 1. The lowest BCUT2D eigenvalue weighted by Crippen LogP contribution is -2.32. The Labute approximate surface area is 150 Å². The number of hydrogen-bond donors (Lipinski definition) is 1. The highest BCUT2D eigenvalue weighted by atomic mass is 19.2. The van der Waals surface area contributed by atoms with E-state index in [9.17, 15) is 28.5 Å². The summed E-state index contributed by atoms with van der Waals surface area (Å²) in [5.41, 5.74) is 0.305. The van der Waals surface area contributed by atoms with Crippen LogP contribution >= 0.6 is 0 Å². The summed E-state index contributed by atoms with van der Waals surface area (Å²) in [6.07, 6.45) is 0. The zero-order valence-corrected chi connectivity index (χ0v) is 13.9. The van der Waals surface area contributed by atoms with E-state index in [1.807, 2.05) is 0 Å². The lowest BCUT2D eigenvalue weighted by molar-refractivity contribution is -0.384. The summed E-state index contributed by atoms with van der Waals surface area (Å²) in [6.45, 7) is 1.17. The normalized spacial score (nSPS) is 12.1. The number of amides is 1. The first kappa shape index (κ1) is 18.2. The molecule has 0 fully saturated rings. The summed E-state index contributed by atoms with van der Waals surface area (Å²) in [5, 5.41) is 13.3. The van der Waals surface area contributed by atoms with Gasteiger partial charge in [0, 0.05) is 6.07 Å². The molecule has 3 aromatic rings. The molecule has 0 saturated heterocycles. The van der Waals surface area contributed by atoms with Crippen LogP contribution in [0.4, 0.5) is 14.5 Å². The van der Waals surface area contributed by atoms with Crippen LogP contribution in [0.3, 0.4) is 0 Å². The van der Waals surface area contributed by atoms with E-state index in [-0.39, 0.29) is 16.8 Å². The molecular formula is C17H13F2N3O5. The van der Waals surface area contributed by atoms with E-state index in [4.69, 9.17) is 4.42 Å². The van der Waals surface area contributed by atoms with Crippen molar-refractivity contribution < 1.29 is 22.9 Å². The van der Waals surface area contributed by atoms with E-state index >= 15 is 0 Å². The van der Waals surface area contributed by atoms with Gasteiger partial charge in [-0.05, 0) is 30.7 Å². The number of non-ortho nitro benzene ring substituents is 1. The van der Waals surface area contributed by atoms with Crippen molar-refractivity contribution in [3.8, 4) is 0 Å². The van der Waals surface area contributed by atoms with Crippen LogP contribution in [0.2, 0.25) is 0 Å². The highest BCUT2D eigenvalue weighted by Crippen LogP contribution is 2.20. The van der Waals surface area contributed by atoms with Crippen molar-refractivity contribution in [2.45, 2.75) is 19.5 Å². The second kappa shape index (κ2) is 6.98. The smallest absolute Gasteiger partial charge is 0.407 e. The Balaban J connectivity index is 1.79. The monoisotopic (exact) mass is 377 g/mol. The minimum absolute atomic E-state index is 0.0179. The summed E-state index contributed by atoms with van der Waals surface area (Å²) in [5.74, 6) is -3.45. The van der Waals surface area contributed by atoms with Gasteiger partial charge in [0.25, 0.3) is 5.69 Å². The lowest BCUT2D eigenvalue weighted by Gasteiger charge is -2.14. The Hall–Kier alpha value is -3.56. The first-order chi connectivity index (χ1) is 12.8. The second-order valence-corrected chi connectivity index (χ2v) is 5.83. The maximum absolute atomic E-state index is 13.3. The highest BCUT2D eigenvalue weighted by Gasteiger charge is 2.18. The minimum atomic E-state index is -1.03. The summed E-state index contributed by atoms with van der Waals surface area (Å²) in [4.78, 5) is 34.3. The summed E-state index contributed by atoms with van der Waals surface area (Å²) < 4.78 is 32.3. The van der Waals surface area contributed by atoms with Gasteiger partial charge in [-0.3, -0.25) is 19.5 Å². The van der Waals surface area contributed by atoms with Crippen molar-refractivity contribution in [1.82, 2.24) is 9.88 Å². The number of carbonyl (C=O) groups is 1. The SMILES string of the molecule is C[C@H](NC(=O)Cn1c(=O)oc2cc([N+](=O)[O-])ccc21)c1ccc(F)c(F)c1. The number of benzene rings is 2. The third-order valence-corrected chi connectivity index (χ3v) is 3.99. The van der Waals surface area contributed by atoms with Crippen molar-refractivity contribution in [2.75, 3.05) is 0 Å². The Kier molecular flexibility index (Phi) is 4.72. The molecule has 0 aliphatic carbocycles. The summed E-state index contributed by atoms with van der Waals surface area (Å²) in [6, 6.07) is 6.21. The van der Waals surface area contributed by atoms with Crippen LogP contribution in [-0.2, 0) is 11.3 Å². The summed E-state index contributed by atoms with van der Waals surface area (Å²) >= 11 is 0. The van der Waals surface area contributed by atoms with Crippen LogP contribution in [-0.4, -0.2) is 15.4 Å². The Bertz CT molecular complexity index is 1110. The lowest BCUT2D eigenvalue weighted by atomic mass is 10.1. The molecule has 0 bridgehead atoms. The molecule has 140 valence electrons. The van der Waals surface area contributed by atoms with Crippen LogP contribution in [0.5, 0.6) is 0 Å².